The van der Waals surface area contributed by atoms with Crippen LogP contribution < -0.4 is 13.9 Å². The van der Waals surface area contributed by atoms with Crippen molar-refractivity contribution in [1.29, 1.82) is 0 Å². The Morgan fingerprint density at radius 3 is 2.44 bits per heavy atom. The van der Waals surface area contributed by atoms with Crippen LogP contribution in [0.5, 0.6) is 5.88 Å². The van der Waals surface area contributed by atoms with Gasteiger partial charge in [0, 0.05) is 12.3 Å². The Morgan fingerprint density at radius 1 is 1.17 bits per heavy atom. The molecule has 2 aromatic heterocycles. The normalized spacial score (nSPS) is 15.0. The van der Waals surface area contributed by atoms with Crippen molar-refractivity contribution in [3.8, 4) is 11.7 Å². The first-order valence-corrected chi connectivity index (χ1v) is 19.9. The van der Waals surface area contributed by atoms with Gasteiger partial charge in [-0.2, -0.15) is 13.2 Å². The molecule has 0 atom stereocenters. The maximum absolute atomic E-state index is 13.0. The number of amides is 1. The third-order valence-electron chi connectivity index (χ3n) is 6.15. The number of rotatable bonds is 9. The number of halogens is 4. The zero-order valence-electron chi connectivity index (χ0n) is 20.0. The van der Waals surface area contributed by atoms with Crippen LogP contribution in [0.1, 0.15) is 29.6 Å². The quantitative estimate of drug-likeness (QED) is 0.185. The van der Waals surface area contributed by atoms with Crippen molar-refractivity contribution in [2.24, 2.45) is 5.41 Å². The van der Waals surface area contributed by atoms with E-state index in [0.717, 1.165) is 4.90 Å². The summed E-state index contributed by atoms with van der Waals surface area (Å²) in [4.78, 5) is 17.8. The molecule has 1 aliphatic carbocycles. The van der Waals surface area contributed by atoms with Gasteiger partial charge in [0.25, 0.3) is 0 Å². The van der Waals surface area contributed by atoms with E-state index in [4.69, 9.17) is 16.3 Å². The Kier molecular flexibility index (Phi) is 7.68. The third kappa shape index (κ3) is 6.20. The van der Waals surface area contributed by atoms with E-state index >= 15 is 0 Å². The number of hydrogen-bond donors (Lipinski definition) is 1. The van der Waals surface area contributed by atoms with Gasteiger partial charge in [-0.3, -0.25) is 0 Å². The number of benzene rings is 1. The first-order valence-electron chi connectivity index (χ1n) is 11.4. The van der Waals surface area contributed by atoms with E-state index in [1.165, 1.54) is 27.1 Å². The molecule has 1 N–H and O–H groups in total. The second-order valence-corrected chi connectivity index (χ2v) is 21.7. The average Bonchev–Trinajstić information content (AvgIpc) is 3.47. The summed E-state index contributed by atoms with van der Waals surface area (Å²) in [6.45, 7) is -0.0803. The molecule has 0 saturated heterocycles. The minimum absolute atomic E-state index is 0.000557. The molecule has 6 nitrogen and oxygen atoms in total. The van der Waals surface area contributed by atoms with Gasteiger partial charge in [0.15, 0.2) is 0 Å². The van der Waals surface area contributed by atoms with Crippen LogP contribution in [0.25, 0.3) is 5.82 Å². The van der Waals surface area contributed by atoms with E-state index in [0.29, 0.717) is 5.82 Å². The number of nitrogens with zero attached hydrogens (tertiary/aromatic N) is 3. The van der Waals surface area contributed by atoms with Crippen molar-refractivity contribution in [3.05, 3.63) is 59.4 Å². The molecule has 1 saturated carbocycles. The van der Waals surface area contributed by atoms with Crippen molar-refractivity contribution in [2.75, 3.05) is 6.61 Å². The van der Waals surface area contributed by atoms with E-state index in [1.54, 1.807) is 18.3 Å². The molecule has 1 amide bonds. The number of aromatic nitrogens is 3. The molecule has 36 heavy (non-hydrogen) atoms. The van der Waals surface area contributed by atoms with Gasteiger partial charge < -0.3 is 4.74 Å². The Morgan fingerprint density at radius 2 is 1.86 bits per heavy atom. The Labute approximate surface area is 219 Å². The Bertz CT molecular complexity index is 1240. The third-order valence-corrected chi connectivity index (χ3v) is 11.6. The number of nitrogens with one attached hydrogen (secondary N) is 1. The summed E-state index contributed by atoms with van der Waals surface area (Å²) in [5.41, 5.74) is -1.41. The van der Waals surface area contributed by atoms with Crippen molar-refractivity contribution < 1.29 is 22.7 Å². The summed E-state index contributed by atoms with van der Waals surface area (Å²) in [6.07, 6.45) is -2.47. The molecule has 0 bridgehead atoms. The molecular formula is C24H26ClF3GeN4O2S. The fourth-order valence-electron chi connectivity index (χ4n) is 3.59. The topological polar surface area (TPSA) is 69.0 Å². The predicted molar refractivity (Wildman–Crippen MR) is 137 cm³/mol. The number of pyridine rings is 1. The minimum atomic E-state index is -4.21. The Balaban J connectivity index is 1.33. The van der Waals surface area contributed by atoms with E-state index in [1.807, 2.05) is 12.1 Å². The van der Waals surface area contributed by atoms with Crippen LogP contribution in [-0.4, -0.2) is 46.7 Å². The van der Waals surface area contributed by atoms with Crippen LogP contribution in [0, 0.1) is 5.41 Å². The second kappa shape index (κ2) is 10.3. The molecule has 0 aliphatic heterocycles. The number of carbonyl (C=O) groups excluding carboxylic acids is 1. The van der Waals surface area contributed by atoms with Crippen LogP contribution in [-0.2, 0) is 0 Å². The zero-order chi connectivity index (χ0) is 26.1. The van der Waals surface area contributed by atoms with Gasteiger partial charge >= 0.3 is 148 Å². The molecule has 1 aliphatic rings. The monoisotopic (exact) mass is 600 g/mol. The van der Waals surface area contributed by atoms with Gasteiger partial charge in [-0.25, -0.2) is 0 Å². The van der Waals surface area contributed by atoms with Gasteiger partial charge in [0.05, 0.1) is 12.0 Å². The van der Waals surface area contributed by atoms with Crippen LogP contribution in [0.3, 0.4) is 0 Å². The number of carbonyl (C=O) groups is 1. The number of hydrogen-bond acceptors (Lipinski definition) is 5. The average molecular weight is 600 g/mol. The zero-order valence-corrected chi connectivity index (χ0v) is 23.7. The van der Waals surface area contributed by atoms with Crippen molar-refractivity contribution >= 4 is 47.1 Å². The standard InChI is InChI=1S/C24H26ClF3GeN4O2S/c1-29(2,3)16-4-6-17(7-5-16)36-32-22(34)18-8-9-19(30-21(18)25)33-14-10-20(31-33)35-15-13-23(11-12-23)24(26,27)28/h4-10,14H,11-13,15H2,1-3H3,(H,32,34). The van der Waals surface area contributed by atoms with Crippen molar-refractivity contribution in [1.82, 2.24) is 19.5 Å². The van der Waals surface area contributed by atoms with E-state index in [9.17, 15) is 18.0 Å². The van der Waals surface area contributed by atoms with Crippen molar-refractivity contribution in [2.45, 2.75) is 47.6 Å². The molecule has 4 rings (SSSR count). The van der Waals surface area contributed by atoms with Gasteiger partial charge in [-0.1, -0.05) is 0 Å². The molecular weight excluding hydrogens is 573 g/mol. The fraction of sp³-hybridized carbons (Fsp3) is 0.375. The SMILES string of the molecule is [CH3][Ge]([CH3])([CH3])[c]1ccc(SNC(=O)c2ccc(-n3ccc(OCCC4(C(F)(F)F)CC4)n3)nc2Cl)cc1. The van der Waals surface area contributed by atoms with Crippen LogP contribution in [0.2, 0.25) is 22.4 Å². The van der Waals surface area contributed by atoms with E-state index < -0.39 is 24.9 Å². The molecule has 2 heterocycles. The molecule has 3 aromatic rings. The molecule has 0 unspecified atom stereocenters. The molecule has 12 heteroatoms. The molecule has 1 aromatic carbocycles. The summed E-state index contributed by atoms with van der Waals surface area (Å²) in [7, 11) is 0. The van der Waals surface area contributed by atoms with E-state index in [2.05, 4.69) is 44.2 Å². The van der Waals surface area contributed by atoms with Crippen molar-refractivity contribution in [3.63, 3.8) is 0 Å². The second-order valence-electron chi connectivity index (χ2n) is 9.79. The summed E-state index contributed by atoms with van der Waals surface area (Å²) in [6, 6.07) is 12.9. The first kappa shape index (κ1) is 26.9. The molecule has 192 valence electrons. The summed E-state index contributed by atoms with van der Waals surface area (Å²) >= 11 is 5.57. The molecule has 0 spiro atoms. The van der Waals surface area contributed by atoms with Crippen LogP contribution >= 0.6 is 23.5 Å². The first-order chi connectivity index (χ1) is 16.9. The fourth-order valence-corrected chi connectivity index (χ4v) is 6.87. The summed E-state index contributed by atoms with van der Waals surface area (Å²) in [5, 5.41) is 4.19. The van der Waals surface area contributed by atoms with Gasteiger partial charge in [0.2, 0.25) is 5.88 Å². The molecule has 0 radical (unpaired) electrons. The van der Waals surface area contributed by atoms with Crippen LogP contribution in [0.4, 0.5) is 13.2 Å². The Hall–Kier alpha value is -2.18. The van der Waals surface area contributed by atoms with Gasteiger partial charge in [-0.15, -0.1) is 5.10 Å². The molecule has 1 fully saturated rings. The summed E-state index contributed by atoms with van der Waals surface area (Å²) < 4.78 is 50.1. The summed E-state index contributed by atoms with van der Waals surface area (Å²) in [5.74, 6) is 7.11. The number of ether oxygens (including phenoxy) is 1. The van der Waals surface area contributed by atoms with Crippen LogP contribution in [0.15, 0.2) is 53.6 Å². The van der Waals surface area contributed by atoms with Gasteiger partial charge in [-0.05, 0) is 19.3 Å². The maximum atomic E-state index is 13.0. The van der Waals surface area contributed by atoms with Gasteiger partial charge in [0.1, 0.15) is 0 Å². The predicted octanol–water partition coefficient (Wildman–Crippen LogP) is 6.01. The van der Waals surface area contributed by atoms with E-state index in [-0.39, 0.29) is 48.4 Å². The number of alkyl halides is 3.